The second-order valence-corrected chi connectivity index (χ2v) is 6.18. The van der Waals surface area contributed by atoms with Crippen LogP contribution in [0.25, 0.3) is 0 Å². The van der Waals surface area contributed by atoms with E-state index >= 15 is 0 Å². The zero-order valence-electron chi connectivity index (χ0n) is 11.2. The van der Waals surface area contributed by atoms with Crippen LogP contribution in [0.1, 0.15) is 33.8 Å². The Balaban J connectivity index is 2.23. The Bertz CT molecular complexity index is 560. The first kappa shape index (κ1) is 13.1. The van der Waals surface area contributed by atoms with Crippen molar-refractivity contribution in [3.05, 3.63) is 51.0 Å². The Morgan fingerprint density at radius 1 is 1.17 bits per heavy atom. The van der Waals surface area contributed by atoms with Gasteiger partial charge in [0.25, 0.3) is 0 Å². The molecule has 1 heterocycles. The molecule has 0 saturated carbocycles. The Morgan fingerprint density at radius 3 is 2.50 bits per heavy atom. The van der Waals surface area contributed by atoms with Gasteiger partial charge in [0, 0.05) is 15.8 Å². The molecule has 0 aliphatic carbocycles. The number of thiophene rings is 1. The smallest absolute Gasteiger partial charge is 0.146 e. The Hall–Kier alpha value is -1.35. The average Bonchev–Trinajstić information content (AvgIpc) is 2.63. The van der Waals surface area contributed by atoms with Crippen molar-refractivity contribution in [3.63, 3.8) is 0 Å². The van der Waals surface area contributed by atoms with Gasteiger partial charge in [-0.15, -0.1) is 11.3 Å². The molecule has 0 aliphatic heterocycles. The molecule has 0 bridgehead atoms. The summed E-state index contributed by atoms with van der Waals surface area (Å²) < 4.78 is 13.7. The normalized spacial score (nSPS) is 12.5. The first-order valence-corrected chi connectivity index (χ1v) is 6.88. The Labute approximate surface area is 112 Å². The first-order valence-electron chi connectivity index (χ1n) is 6.07. The van der Waals surface area contributed by atoms with Gasteiger partial charge in [-0.1, -0.05) is 6.07 Å². The van der Waals surface area contributed by atoms with Gasteiger partial charge in [0.1, 0.15) is 5.82 Å². The van der Waals surface area contributed by atoms with Crippen molar-refractivity contribution in [2.24, 2.45) is 0 Å². The van der Waals surface area contributed by atoms with Gasteiger partial charge >= 0.3 is 0 Å². The molecule has 0 fully saturated rings. The van der Waals surface area contributed by atoms with Crippen LogP contribution in [-0.2, 0) is 0 Å². The van der Waals surface area contributed by atoms with Crippen molar-refractivity contribution in [3.8, 4) is 0 Å². The lowest BCUT2D eigenvalue weighted by Crippen LogP contribution is -2.08. The third-order valence-electron chi connectivity index (χ3n) is 3.04. The molecule has 18 heavy (non-hydrogen) atoms. The Morgan fingerprint density at radius 2 is 1.89 bits per heavy atom. The molecule has 0 saturated heterocycles. The maximum atomic E-state index is 13.7. The van der Waals surface area contributed by atoms with Crippen molar-refractivity contribution in [2.75, 3.05) is 5.32 Å². The van der Waals surface area contributed by atoms with Crippen LogP contribution in [-0.4, -0.2) is 0 Å². The van der Waals surface area contributed by atoms with Gasteiger partial charge in [0.2, 0.25) is 0 Å². The molecule has 0 radical (unpaired) electrons. The number of benzene rings is 1. The molecule has 1 nitrogen and oxygen atoms in total. The van der Waals surface area contributed by atoms with E-state index in [0.717, 1.165) is 5.56 Å². The minimum atomic E-state index is -0.197. The predicted molar refractivity (Wildman–Crippen MR) is 77.0 cm³/mol. The lowest BCUT2D eigenvalue weighted by Gasteiger charge is -2.16. The van der Waals surface area contributed by atoms with E-state index < -0.39 is 0 Å². The third-order valence-corrected chi connectivity index (χ3v) is 4.02. The number of hydrogen-bond donors (Lipinski definition) is 1. The number of hydrogen-bond acceptors (Lipinski definition) is 2. The largest absolute Gasteiger partial charge is 0.376 e. The van der Waals surface area contributed by atoms with Crippen molar-refractivity contribution in [2.45, 2.75) is 33.7 Å². The van der Waals surface area contributed by atoms with Crippen LogP contribution in [0.4, 0.5) is 10.1 Å². The second kappa shape index (κ2) is 5.11. The van der Waals surface area contributed by atoms with Crippen LogP contribution in [0.2, 0.25) is 0 Å². The number of rotatable bonds is 3. The molecular weight excluding hydrogens is 245 g/mol. The van der Waals surface area contributed by atoms with E-state index in [4.69, 9.17) is 0 Å². The molecule has 1 N–H and O–H groups in total. The highest BCUT2D eigenvalue weighted by Crippen LogP contribution is 2.29. The van der Waals surface area contributed by atoms with Crippen LogP contribution in [0.3, 0.4) is 0 Å². The molecule has 1 aromatic heterocycles. The molecule has 0 aliphatic rings. The molecule has 1 aromatic carbocycles. The summed E-state index contributed by atoms with van der Waals surface area (Å²) in [5, 5.41) is 3.25. The van der Waals surface area contributed by atoms with E-state index in [-0.39, 0.29) is 11.9 Å². The molecule has 1 unspecified atom stereocenters. The van der Waals surface area contributed by atoms with Crippen LogP contribution < -0.4 is 5.32 Å². The summed E-state index contributed by atoms with van der Waals surface area (Å²) in [7, 11) is 0. The van der Waals surface area contributed by atoms with Crippen LogP contribution in [0, 0.1) is 26.6 Å². The van der Waals surface area contributed by atoms with Crippen molar-refractivity contribution in [1.82, 2.24) is 0 Å². The second-order valence-electron chi connectivity index (χ2n) is 4.72. The summed E-state index contributed by atoms with van der Waals surface area (Å²) in [5.74, 6) is -0.197. The molecule has 2 rings (SSSR count). The Kier molecular flexibility index (Phi) is 3.71. The lowest BCUT2D eigenvalue weighted by atomic mass is 10.1. The van der Waals surface area contributed by atoms with Gasteiger partial charge in [0.15, 0.2) is 0 Å². The zero-order chi connectivity index (χ0) is 13.3. The SMILES string of the molecule is Cc1ccc(F)c(NC(C)c2cc(C)sc2C)c1. The summed E-state index contributed by atoms with van der Waals surface area (Å²) in [6.07, 6.45) is 0. The topological polar surface area (TPSA) is 12.0 Å². The number of anilines is 1. The van der Waals surface area contributed by atoms with E-state index in [9.17, 15) is 4.39 Å². The summed E-state index contributed by atoms with van der Waals surface area (Å²) in [4.78, 5) is 2.58. The van der Waals surface area contributed by atoms with Crippen LogP contribution >= 0.6 is 11.3 Å². The minimum absolute atomic E-state index is 0.117. The zero-order valence-corrected chi connectivity index (χ0v) is 12.0. The van der Waals surface area contributed by atoms with E-state index in [0.29, 0.717) is 5.69 Å². The fraction of sp³-hybridized carbons (Fsp3) is 0.333. The fourth-order valence-corrected chi connectivity index (χ4v) is 3.16. The van der Waals surface area contributed by atoms with E-state index in [2.05, 4.69) is 32.2 Å². The lowest BCUT2D eigenvalue weighted by molar-refractivity contribution is 0.627. The number of aryl methyl sites for hydroxylation is 3. The first-order chi connectivity index (χ1) is 8.47. The van der Waals surface area contributed by atoms with Gasteiger partial charge < -0.3 is 5.32 Å². The highest BCUT2D eigenvalue weighted by atomic mass is 32.1. The maximum absolute atomic E-state index is 13.7. The van der Waals surface area contributed by atoms with Gasteiger partial charge in [-0.3, -0.25) is 0 Å². The van der Waals surface area contributed by atoms with Crippen molar-refractivity contribution < 1.29 is 4.39 Å². The van der Waals surface area contributed by atoms with Gasteiger partial charge in [-0.05, 0) is 57.0 Å². The molecular formula is C15H18FNS. The highest BCUT2D eigenvalue weighted by Gasteiger charge is 2.12. The summed E-state index contributed by atoms with van der Waals surface area (Å²) >= 11 is 1.78. The molecule has 1 atom stereocenters. The van der Waals surface area contributed by atoms with Crippen molar-refractivity contribution >= 4 is 17.0 Å². The predicted octanol–water partition coefficient (Wildman–Crippen LogP) is 4.99. The highest BCUT2D eigenvalue weighted by molar-refractivity contribution is 7.12. The molecule has 0 spiro atoms. The maximum Gasteiger partial charge on any atom is 0.146 e. The third kappa shape index (κ3) is 2.72. The fourth-order valence-electron chi connectivity index (χ4n) is 2.14. The molecule has 3 heteroatoms. The quantitative estimate of drug-likeness (QED) is 0.823. The molecule has 2 aromatic rings. The van der Waals surface area contributed by atoms with E-state index in [1.54, 1.807) is 17.4 Å². The molecule has 96 valence electrons. The summed E-state index contributed by atoms with van der Waals surface area (Å²) in [5.41, 5.74) is 2.88. The average molecular weight is 263 g/mol. The van der Waals surface area contributed by atoms with Gasteiger partial charge in [-0.2, -0.15) is 0 Å². The number of nitrogens with one attached hydrogen (secondary N) is 1. The van der Waals surface area contributed by atoms with Crippen LogP contribution in [0.5, 0.6) is 0 Å². The standard InChI is InChI=1S/C15H18FNS/c1-9-5-6-14(16)15(7-9)17-11(3)13-8-10(2)18-12(13)4/h5-8,11,17H,1-4H3. The minimum Gasteiger partial charge on any atom is -0.376 e. The van der Waals surface area contributed by atoms with Crippen LogP contribution in [0.15, 0.2) is 24.3 Å². The van der Waals surface area contributed by atoms with Gasteiger partial charge in [-0.25, -0.2) is 4.39 Å². The van der Waals surface area contributed by atoms with E-state index in [1.807, 2.05) is 13.0 Å². The van der Waals surface area contributed by atoms with E-state index in [1.165, 1.54) is 21.4 Å². The van der Waals surface area contributed by atoms with Gasteiger partial charge in [0.05, 0.1) is 5.69 Å². The molecule has 0 amide bonds. The summed E-state index contributed by atoms with van der Waals surface area (Å²) in [6, 6.07) is 7.43. The summed E-state index contributed by atoms with van der Waals surface area (Å²) in [6.45, 7) is 8.24. The number of halogens is 1. The van der Waals surface area contributed by atoms with Crippen molar-refractivity contribution in [1.29, 1.82) is 0 Å². The monoisotopic (exact) mass is 263 g/mol.